The summed E-state index contributed by atoms with van der Waals surface area (Å²) in [6, 6.07) is 0.616. The summed E-state index contributed by atoms with van der Waals surface area (Å²) in [5.41, 5.74) is -0.140. The molecule has 0 atom stereocenters. The fraction of sp³-hybridized carbons (Fsp3) is 0.600. The largest absolute Gasteiger partial charge is 0.463 e. The van der Waals surface area contributed by atoms with Crippen LogP contribution < -0.4 is 10.1 Å². The first-order valence-electron chi connectivity index (χ1n) is 5.42. The molecule has 0 aromatic carbocycles. The van der Waals surface area contributed by atoms with Crippen molar-refractivity contribution in [1.82, 2.24) is 15.3 Å². The van der Waals surface area contributed by atoms with Gasteiger partial charge >= 0.3 is 11.7 Å². The Morgan fingerprint density at radius 1 is 1.47 bits per heavy atom. The molecule has 1 heterocycles. The van der Waals surface area contributed by atoms with Crippen LogP contribution >= 0.6 is 0 Å². The van der Waals surface area contributed by atoms with Crippen LogP contribution in [0.15, 0.2) is 12.4 Å². The Hall–Kier alpha value is -1.76. The Labute approximate surface area is 99.4 Å². The van der Waals surface area contributed by atoms with Crippen LogP contribution in [0.1, 0.15) is 20.3 Å². The van der Waals surface area contributed by atoms with E-state index in [1.54, 1.807) is 0 Å². The molecule has 17 heavy (non-hydrogen) atoms. The fourth-order valence-corrected chi connectivity index (χ4v) is 1.10. The molecule has 1 aromatic heterocycles. The molecule has 1 aromatic rings. The van der Waals surface area contributed by atoms with Gasteiger partial charge in [0.1, 0.15) is 12.4 Å². The second-order valence-corrected chi connectivity index (χ2v) is 3.79. The average molecular weight is 240 g/mol. The second kappa shape index (κ2) is 6.74. The van der Waals surface area contributed by atoms with Gasteiger partial charge in [0.2, 0.25) is 0 Å². The third-order valence-electron chi connectivity index (χ3n) is 1.93. The van der Waals surface area contributed by atoms with Gasteiger partial charge in [0.15, 0.2) is 0 Å². The van der Waals surface area contributed by atoms with Crippen molar-refractivity contribution < 1.29 is 9.66 Å². The lowest BCUT2D eigenvalue weighted by Crippen LogP contribution is -2.24. The van der Waals surface area contributed by atoms with E-state index >= 15 is 0 Å². The van der Waals surface area contributed by atoms with Crippen LogP contribution in [-0.2, 0) is 0 Å². The minimum atomic E-state index is -0.545. The Kier molecular flexibility index (Phi) is 5.28. The molecule has 1 rings (SSSR count). The SMILES string of the molecule is CC(C)NCCCOc1ncc([N+](=O)[O-])cn1. The summed E-state index contributed by atoms with van der Waals surface area (Å²) in [5, 5.41) is 13.6. The summed E-state index contributed by atoms with van der Waals surface area (Å²) in [7, 11) is 0. The van der Waals surface area contributed by atoms with Crippen LogP contribution in [0.2, 0.25) is 0 Å². The maximum atomic E-state index is 10.4. The van der Waals surface area contributed by atoms with Crippen molar-refractivity contribution in [3.8, 4) is 6.01 Å². The van der Waals surface area contributed by atoms with E-state index in [4.69, 9.17) is 4.74 Å². The summed E-state index contributed by atoms with van der Waals surface area (Å²) >= 11 is 0. The van der Waals surface area contributed by atoms with Gasteiger partial charge in [-0.15, -0.1) is 0 Å². The highest BCUT2D eigenvalue weighted by molar-refractivity contribution is 5.21. The summed E-state index contributed by atoms with van der Waals surface area (Å²) < 4.78 is 5.24. The molecule has 0 fully saturated rings. The highest BCUT2D eigenvalue weighted by Crippen LogP contribution is 2.09. The lowest BCUT2D eigenvalue weighted by molar-refractivity contribution is -0.385. The van der Waals surface area contributed by atoms with Gasteiger partial charge in [0, 0.05) is 6.04 Å². The lowest BCUT2D eigenvalue weighted by Gasteiger charge is -2.07. The number of nitrogens with zero attached hydrogens (tertiary/aromatic N) is 3. The van der Waals surface area contributed by atoms with E-state index in [9.17, 15) is 10.1 Å². The quantitative estimate of drug-likeness (QED) is 0.437. The first kappa shape index (κ1) is 13.3. The third-order valence-corrected chi connectivity index (χ3v) is 1.93. The van der Waals surface area contributed by atoms with Gasteiger partial charge in [0.05, 0.1) is 11.5 Å². The first-order chi connectivity index (χ1) is 8.09. The van der Waals surface area contributed by atoms with Crippen molar-refractivity contribution in [3.63, 3.8) is 0 Å². The van der Waals surface area contributed by atoms with E-state index in [0.29, 0.717) is 12.6 Å². The molecule has 94 valence electrons. The average Bonchev–Trinajstić information content (AvgIpc) is 2.29. The fourth-order valence-electron chi connectivity index (χ4n) is 1.10. The smallest absolute Gasteiger partial charge is 0.316 e. The third kappa shape index (κ3) is 5.21. The maximum absolute atomic E-state index is 10.4. The van der Waals surface area contributed by atoms with Gasteiger partial charge in [-0.1, -0.05) is 13.8 Å². The van der Waals surface area contributed by atoms with Crippen molar-refractivity contribution in [2.45, 2.75) is 26.3 Å². The summed E-state index contributed by atoms with van der Waals surface area (Å²) in [5.74, 6) is 0. The topological polar surface area (TPSA) is 90.2 Å². The minimum absolute atomic E-state index is 0.140. The standard InChI is InChI=1S/C10H16N4O3/c1-8(2)11-4-3-5-17-10-12-6-9(7-13-10)14(15)16/h6-8,11H,3-5H2,1-2H3. The van der Waals surface area contributed by atoms with Crippen LogP contribution in [0.4, 0.5) is 5.69 Å². The van der Waals surface area contributed by atoms with E-state index in [1.165, 1.54) is 0 Å². The van der Waals surface area contributed by atoms with Crippen LogP contribution in [0, 0.1) is 10.1 Å². The number of hydrogen-bond donors (Lipinski definition) is 1. The molecule has 0 saturated heterocycles. The Bertz CT molecular complexity index is 353. The zero-order chi connectivity index (χ0) is 12.7. The van der Waals surface area contributed by atoms with Crippen LogP contribution in [0.3, 0.4) is 0 Å². The zero-order valence-electron chi connectivity index (χ0n) is 9.92. The Morgan fingerprint density at radius 3 is 2.65 bits per heavy atom. The van der Waals surface area contributed by atoms with Crippen LogP contribution in [0.5, 0.6) is 6.01 Å². The molecule has 0 amide bonds. The van der Waals surface area contributed by atoms with E-state index in [-0.39, 0.29) is 11.7 Å². The monoisotopic (exact) mass is 240 g/mol. The first-order valence-corrected chi connectivity index (χ1v) is 5.42. The van der Waals surface area contributed by atoms with Crippen molar-refractivity contribution in [2.75, 3.05) is 13.2 Å². The molecule has 0 unspecified atom stereocenters. The molecular weight excluding hydrogens is 224 g/mol. The number of nitrogens with one attached hydrogen (secondary N) is 1. The number of nitro groups is 1. The molecule has 7 nitrogen and oxygen atoms in total. The summed E-state index contributed by atoms with van der Waals surface area (Å²) in [6.45, 7) is 5.47. The normalized spacial score (nSPS) is 10.5. The predicted molar refractivity (Wildman–Crippen MR) is 61.9 cm³/mol. The van der Waals surface area contributed by atoms with Gasteiger partial charge < -0.3 is 10.1 Å². The molecule has 0 aliphatic heterocycles. The molecule has 0 saturated carbocycles. The number of rotatable bonds is 7. The molecule has 0 radical (unpaired) electrons. The predicted octanol–water partition coefficient (Wildman–Crippen LogP) is 1.15. The molecule has 0 aliphatic carbocycles. The van der Waals surface area contributed by atoms with Crippen LogP contribution in [-0.4, -0.2) is 34.1 Å². The molecule has 7 heteroatoms. The van der Waals surface area contributed by atoms with Gasteiger partial charge in [-0.25, -0.2) is 0 Å². The van der Waals surface area contributed by atoms with Gasteiger partial charge in [0.25, 0.3) is 0 Å². The number of aromatic nitrogens is 2. The number of hydrogen-bond acceptors (Lipinski definition) is 6. The molecule has 0 spiro atoms. The maximum Gasteiger partial charge on any atom is 0.316 e. The van der Waals surface area contributed by atoms with Crippen molar-refractivity contribution in [2.24, 2.45) is 0 Å². The summed E-state index contributed by atoms with van der Waals surface area (Å²) in [6.07, 6.45) is 3.10. The summed E-state index contributed by atoms with van der Waals surface area (Å²) in [4.78, 5) is 17.3. The zero-order valence-corrected chi connectivity index (χ0v) is 9.92. The highest BCUT2D eigenvalue weighted by atomic mass is 16.6. The highest BCUT2D eigenvalue weighted by Gasteiger charge is 2.06. The second-order valence-electron chi connectivity index (χ2n) is 3.79. The molecule has 1 N–H and O–H groups in total. The van der Waals surface area contributed by atoms with Gasteiger partial charge in [-0.05, 0) is 13.0 Å². The number of ether oxygens (including phenoxy) is 1. The van der Waals surface area contributed by atoms with Crippen molar-refractivity contribution in [1.29, 1.82) is 0 Å². The van der Waals surface area contributed by atoms with Crippen molar-refractivity contribution in [3.05, 3.63) is 22.5 Å². The molecule has 0 aliphatic rings. The molecular formula is C10H16N4O3. The Balaban J connectivity index is 2.25. The van der Waals surface area contributed by atoms with Crippen molar-refractivity contribution >= 4 is 5.69 Å². The lowest BCUT2D eigenvalue weighted by atomic mass is 10.3. The van der Waals surface area contributed by atoms with E-state index < -0.39 is 4.92 Å². The molecule has 0 bridgehead atoms. The van der Waals surface area contributed by atoms with E-state index in [0.717, 1.165) is 25.4 Å². The van der Waals surface area contributed by atoms with E-state index in [2.05, 4.69) is 29.1 Å². The van der Waals surface area contributed by atoms with Gasteiger partial charge in [-0.2, -0.15) is 9.97 Å². The Morgan fingerprint density at radius 2 is 2.12 bits per heavy atom. The van der Waals surface area contributed by atoms with E-state index in [1.807, 2.05) is 0 Å². The van der Waals surface area contributed by atoms with Crippen LogP contribution in [0.25, 0.3) is 0 Å². The minimum Gasteiger partial charge on any atom is -0.463 e. The van der Waals surface area contributed by atoms with Gasteiger partial charge in [-0.3, -0.25) is 10.1 Å².